The first-order valence-corrected chi connectivity index (χ1v) is 3.49. The van der Waals surface area contributed by atoms with Crippen molar-refractivity contribution in [1.29, 1.82) is 0 Å². The second-order valence-corrected chi connectivity index (χ2v) is 2.57. The van der Waals surface area contributed by atoms with E-state index in [2.05, 4.69) is 5.10 Å². The number of hydrogen-bond donors (Lipinski definition) is 1. The molecular formula is C7H12FN3. The Bertz CT molecular complexity index is 244. The zero-order chi connectivity index (χ0) is 8.43. The van der Waals surface area contributed by atoms with E-state index in [-0.39, 0.29) is 6.54 Å². The van der Waals surface area contributed by atoms with E-state index in [1.807, 2.05) is 6.92 Å². The Morgan fingerprint density at radius 3 is 2.82 bits per heavy atom. The molecule has 4 heteroatoms. The van der Waals surface area contributed by atoms with Crippen LogP contribution in [0.3, 0.4) is 0 Å². The number of rotatable bonds is 2. The summed E-state index contributed by atoms with van der Waals surface area (Å²) in [6, 6.07) is 0. The lowest BCUT2D eigenvalue weighted by atomic mass is 10.2. The maximum absolute atomic E-state index is 12.9. The van der Waals surface area contributed by atoms with Crippen molar-refractivity contribution in [2.45, 2.75) is 13.1 Å². The van der Waals surface area contributed by atoms with Gasteiger partial charge in [-0.15, -0.1) is 0 Å². The van der Waals surface area contributed by atoms with Gasteiger partial charge >= 0.3 is 0 Å². The van der Waals surface area contributed by atoms with Crippen LogP contribution in [0.4, 0.5) is 4.39 Å². The van der Waals surface area contributed by atoms with Crippen molar-refractivity contribution in [3.63, 3.8) is 0 Å². The average molecular weight is 157 g/mol. The summed E-state index contributed by atoms with van der Waals surface area (Å²) in [5.41, 5.74) is 6.46. The molecule has 0 radical (unpaired) electrons. The lowest BCUT2D eigenvalue weighted by Crippen LogP contribution is -2.09. The maximum atomic E-state index is 12.9. The molecule has 0 aliphatic carbocycles. The van der Waals surface area contributed by atoms with Gasteiger partial charge in [0.1, 0.15) is 5.69 Å². The Morgan fingerprint density at radius 1 is 1.82 bits per heavy atom. The first-order chi connectivity index (χ1) is 5.15. The van der Waals surface area contributed by atoms with E-state index in [9.17, 15) is 4.39 Å². The summed E-state index contributed by atoms with van der Waals surface area (Å²) in [6.07, 6.45) is 0.647. The zero-order valence-electron chi connectivity index (χ0n) is 6.71. The predicted molar refractivity (Wildman–Crippen MR) is 40.8 cm³/mol. The van der Waals surface area contributed by atoms with Gasteiger partial charge in [0.15, 0.2) is 6.17 Å². The van der Waals surface area contributed by atoms with Crippen molar-refractivity contribution < 1.29 is 4.39 Å². The Kier molecular flexibility index (Phi) is 2.24. The van der Waals surface area contributed by atoms with Gasteiger partial charge in [0, 0.05) is 19.8 Å². The third-order valence-electron chi connectivity index (χ3n) is 1.55. The molecule has 1 aromatic heterocycles. The topological polar surface area (TPSA) is 43.8 Å². The summed E-state index contributed by atoms with van der Waals surface area (Å²) in [4.78, 5) is 0. The molecule has 2 N–H and O–H groups in total. The van der Waals surface area contributed by atoms with Crippen LogP contribution in [-0.2, 0) is 7.05 Å². The highest BCUT2D eigenvalue weighted by molar-refractivity contribution is 5.17. The van der Waals surface area contributed by atoms with E-state index in [1.54, 1.807) is 17.9 Å². The van der Waals surface area contributed by atoms with Crippen LogP contribution in [0.25, 0.3) is 0 Å². The van der Waals surface area contributed by atoms with Crippen LogP contribution in [0.1, 0.15) is 17.4 Å². The molecule has 0 aliphatic rings. The van der Waals surface area contributed by atoms with Gasteiger partial charge in [0.25, 0.3) is 0 Å². The average Bonchev–Trinajstić information content (AvgIpc) is 2.28. The Hall–Kier alpha value is -0.900. The highest BCUT2D eigenvalue weighted by Crippen LogP contribution is 2.16. The Morgan fingerprint density at radius 2 is 2.45 bits per heavy atom. The molecule has 0 aromatic carbocycles. The first-order valence-electron chi connectivity index (χ1n) is 3.49. The number of alkyl halides is 1. The van der Waals surface area contributed by atoms with Crippen LogP contribution in [0.5, 0.6) is 0 Å². The van der Waals surface area contributed by atoms with Crippen LogP contribution in [0.15, 0.2) is 6.20 Å². The molecule has 1 rings (SSSR count). The Labute approximate surface area is 65.0 Å². The van der Waals surface area contributed by atoms with Crippen molar-refractivity contribution in [1.82, 2.24) is 9.78 Å². The molecule has 1 heterocycles. The molecule has 1 aromatic rings. The summed E-state index contributed by atoms with van der Waals surface area (Å²) < 4.78 is 14.5. The minimum absolute atomic E-state index is 0.00213. The minimum Gasteiger partial charge on any atom is -0.327 e. The summed E-state index contributed by atoms with van der Waals surface area (Å²) in [5.74, 6) is 0. The van der Waals surface area contributed by atoms with E-state index >= 15 is 0 Å². The molecule has 1 unspecified atom stereocenters. The summed E-state index contributed by atoms with van der Waals surface area (Å²) in [5, 5.41) is 3.94. The number of hydrogen-bond acceptors (Lipinski definition) is 2. The standard InChI is InChI=1S/C7H12FN3/c1-5-4-11(2)10-7(5)6(8)3-9/h4,6H,3,9H2,1-2H3. The third-order valence-corrected chi connectivity index (χ3v) is 1.55. The SMILES string of the molecule is Cc1cn(C)nc1C(F)CN. The molecule has 1 atom stereocenters. The highest BCUT2D eigenvalue weighted by Gasteiger charge is 2.13. The molecule has 0 saturated heterocycles. The normalized spacial score (nSPS) is 13.5. The molecule has 3 nitrogen and oxygen atoms in total. The number of nitrogens with zero attached hydrogens (tertiary/aromatic N) is 2. The lowest BCUT2D eigenvalue weighted by molar-refractivity contribution is 0.341. The van der Waals surface area contributed by atoms with Gasteiger partial charge in [-0.25, -0.2) is 4.39 Å². The summed E-state index contributed by atoms with van der Waals surface area (Å²) in [6.45, 7) is 1.82. The minimum atomic E-state index is -1.13. The van der Waals surface area contributed by atoms with Gasteiger partial charge in [-0.05, 0) is 12.5 Å². The van der Waals surface area contributed by atoms with E-state index in [0.717, 1.165) is 5.56 Å². The number of halogens is 1. The molecule has 0 aliphatic heterocycles. The molecule has 11 heavy (non-hydrogen) atoms. The molecule has 0 amide bonds. The van der Waals surface area contributed by atoms with Crippen LogP contribution < -0.4 is 5.73 Å². The van der Waals surface area contributed by atoms with Gasteiger partial charge < -0.3 is 5.73 Å². The Balaban J connectivity index is 2.93. The number of nitrogens with two attached hydrogens (primary N) is 1. The quantitative estimate of drug-likeness (QED) is 0.686. The van der Waals surface area contributed by atoms with Crippen LogP contribution in [0, 0.1) is 6.92 Å². The van der Waals surface area contributed by atoms with Gasteiger partial charge in [0.05, 0.1) is 0 Å². The van der Waals surface area contributed by atoms with Crippen LogP contribution in [-0.4, -0.2) is 16.3 Å². The molecule has 0 spiro atoms. The van der Waals surface area contributed by atoms with Crippen molar-refractivity contribution >= 4 is 0 Å². The summed E-state index contributed by atoms with van der Waals surface area (Å²) >= 11 is 0. The molecular weight excluding hydrogens is 145 g/mol. The zero-order valence-corrected chi connectivity index (χ0v) is 6.71. The molecule has 0 fully saturated rings. The maximum Gasteiger partial charge on any atom is 0.156 e. The molecule has 62 valence electrons. The number of aromatic nitrogens is 2. The first kappa shape index (κ1) is 8.20. The number of aryl methyl sites for hydroxylation is 2. The van der Waals surface area contributed by atoms with Gasteiger partial charge in [-0.3, -0.25) is 4.68 Å². The van der Waals surface area contributed by atoms with Crippen molar-refractivity contribution in [3.8, 4) is 0 Å². The summed E-state index contributed by atoms with van der Waals surface area (Å²) in [7, 11) is 1.76. The monoisotopic (exact) mass is 157 g/mol. The lowest BCUT2D eigenvalue weighted by Gasteiger charge is -2.00. The van der Waals surface area contributed by atoms with E-state index < -0.39 is 6.17 Å². The fourth-order valence-corrected chi connectivity index (χ4v) is 1.05. The van der Waals surface area contributed by atoms with Crippen molar-refractivity contribution in [3.05, 3.63) is 17.5 Å². The molecule has 0 bridgehead atoms. The second kappa shape index (κ2) is 3.00. The highest BCUT2D eigenvalue weighted by atomic mass is 19.1. The molecule has 0 saturated carbocycles. The second-order valence-electron chi connectivity index (χ2n) is 2.57. The van der Waals surface area contributed by atoms with Gasteiger partial charge in [0.2, 0.25) is 0 Å². The fraction of sp³-hybridized carbons (Fsp3) is 0.571. The predicted octanol–water partition coefficient (Wildman–Crippen LogP) is 0.698. The van der Waals surface area contributed by atoms with Gasteiger partial charge in [-0.1, -0.05) is 0 Å². The third kappa shape index (κ3) is 1.57. The smallest absolute Gasteiger partial charge is 0.156 e. The van der Waals surface area contributed by atoms with Crippen LogP contribution >= 0.6 is 0 Å². The van der Waals surface area contributed by atoms with Crippen molar-refractivity contribution in [2.75, 3.05) is 6.54 Å². The van der Waals surface area contributed by atoms with E-state index in [0.29, 0.717) is 5.69 Å². The van der Waals surface area contributed by atoms with E-state index in [1.165, 1.54) is 0 Å². The fourth-order valence-electron chi connectivity index (χ4n) is 1.05. The van der Waals surface area contributed by atoms with E-state index in [4.69, 9.17) is 5.73 Å². The van der Waals surface area contributed by atoms with Crippen molar-refractivity contribution in [2.24, 2.45) is 12.8 Å². The van der Waals surface area contributed by atoms with Gasteiger partial charge in [-0.2, -0.15) is 5.10 Å². The largest absolute Gasteiger partial charge is 0.327 e. The van der Waals surface area contributed by atoms with Crippen LogP contribution in [0.2, 0.25) is 0 Å².